The molecule has 1 aromatic heterocycles. The first-order valence-electron chi connectivity index (χ1n) is 12.1. The maximum atomic E-state index is 13.2. The van der Waals surface area contributed by atoms with E-state index in [1.165, 1.54) is 19.1 Å². The van der Waals surface area contributed by atoms with Gasteiger partial charge in [0.25, 0.3) is 5.91 Å². The Balaban J connectivity index is 2.10. The number of carbonyl (C=O) groups is 2. The third-order valence-corrected chi connectivity index (χ3v) is 7.12. The summed E-state index contributed by atoms with van der Waals surface area (Å²) in [5, 5.41) is 0. The van der Waals surface area contributed by atoms with Gasteiger partial charge in [-0.1, -0.05) is 12.1 Å². The lowest BCUT2D eigenvalue weighted by atomic mass is 10.1. The molecule has 0 aliphatic carbocycles. The van der Waals surface area contributed by atoms with Crippen molar-refractivity contribution >= 4 is 32.9 Å². The molecule has 3 aromatic rings. The maximum Gasteiger partial charge on any atom is 0.416 e. The van der Waals surface area contributed by atoms with Gasteiger partial charge >= 0.3 is 12.1 Å². The van der Waals surface area contributed by atoms with Crippen LogP contribution in [0, 0.1) is 6.92 Å². The Hall–Kier alpha value is -3.05. The zero-order valence-electron chi connectivity index (χ0n) is 22.3. The number of imidazole rings is 1. The van der Waals surface area contributed by atoms with Crippen LogP contribution >= 0.6 is 10.0 Å². The summed E-state index contributed by atoms with van der Waals surface area (Å²) >= 11 is 0. The van der Waals surface area contributed by atoms with Crippen LogP contribution in [0.4, 0.5) is 13.2 Å². The molecular formula is C27H34F3N3O4S. The van der Waals surface area contributed by atoms with Crippen LogP contribution in [0.1, 0.15) is 34.8 Å². The van der Waals surface area contributed by atoms with Crippen molar-refractivity contribution in [2.75, 3.05) is 37.7 Å². The lowest BCUT2D eigenvalue weighted by molar-refractivity contribution is -0.141. The number of rotatable bonds is 10. The van der Waals surface area contributed by atoms with Gasteiger partial charge in [-0.05, 0) is 68.0 Å². The predicted octanol–water partition coefficient (Wildman–Crippen LogP) is 5.13. The second-order valence-electron chi connectivity index (χ2n) is 9.89. The summed E-state index contributed by atoms with van der Waals surface area (Å²) in [6.45, 7) is 4.43. The van der Waals surface area contributed by atoms with E-state index >= 15 is 0 Å². The Morgan fingerprint density at radius 1 is 1.00 bits per heavy atom. The number of hydrogen-bond donors (Lipinski definition) is 0. The molecule has 38 heavy (non-hydrogen) atoms. The van der Waals surface area contributed by atoms with Crippen LogP contribution in [-0.4, -0.2) is 58.7 Å². The van der Waals surface area contributed by atoms with Crippen LogP contribution in [0.25, 0.3) is 11.0 Å². The molecule has 0 fully saturated rings. The Bertz CT molecular complexity index is 1370. The first-order chi connectivity index (χ1) is 17.8. The zero-order chi connectivity index (χ0) is 28.1. The van der Waals surface area contributed by atoms with E-state index in [0.717, 1.165) is 34.5 Å². The van der Waals surface area contributed by atoms with Crippen molar-refractivity contribution in [3.8, 4) is 0 Å². The number of aromatic nitrogens is 2. The number of benzene rings is 2. The highest BCUT2D eigenvalue weighted by Crippen LogP contribution is 2.33. The van der Waals surface area contributed by atoms with Gasteiger partial charge in [-0.3, -0.25) is 14.2 Å². The quantitative estimate of drug-likeness (QED) is 0.258. The Labute approximate surface area is 221 Å². The van der Waals surface area contributed by atoms with E-state index < -0.39 is 33.6 Å². The molecule has 0 saturated carbocycles. The molecule has 0 unspecified atom stereocenters. The first kappa shape index (κ1) is 29.5. The number of ether oxygens (including phenoxy) is 2. The molecule has 0 atom stereocenters. The lowest BCUT2D eigenvalue weighted by Crippen LogP contribution is -2.29. The second kappa shape index (κ2) is 12.2. The number of fused-ring (bicyclic) bond motifs is 1. The molecule has 0 aliphatic heterocycles. The van der Waals surface area contributed by atoms with E-state index in [1.807, 2.05) is 29.7 Å². The third kappa shape index (κ3) is 7.97. The number of halogens is 3. The van der Waals surface area contributed by atoms with Gasteiger partial charge in [0.15, 0.2) is 0 Å². The SMILES string of the molecule is CC(=O)OCCCn1c(=NC(=O)c2cccc(C(F)(F)F)c2)n(COCCS(C)(C)C)c2cc(C)ccc21. The Morgan fingerprint density at radius 3 is 2.39 bits per heavy atom. The normalized spacial score (nSPS) is 13.2. The van der Waals surface area contributed by atoms with Crippen LogP contribution in [0.5, 0.6) is 0 Å². The van der Waals surface area contributed by atoms with Crippen molar-refractivity contribution in [3.63, 3.8) is 0 Å². The average molecular weight is 554 g/mol. The van der Waals surface area contributed by atoms with Crippen molar-refractivity contribution < 1.29 is 32.2 Å². The molecule has 2 aromatic carbocycles. The fraction of sp³-hybridized carbons (Fsp3) is 0.444. The number of aryl methyl sites for hydroxylation is 2. The van der Waals surface area contributed by atoms with Crippen molar-refractivity contribution in [2.24, 2.45) is 4.99 Å². The molecule has 0 saturated heterocycles. The highest BCUT2D eigenvalue weighted by atomic mass is 32.3. The Morgan fingerprint density at radius 2 is 1.74 bits per heavy atom. The summed E-state index contributed by atoms with van der Waals surface area (Å²) in [6, 6.07) is 10.00. The molecule has 0 spiro atoms. The minimum absolute atomic E-state index is 0.112. The standard InChI is InChI=1S/C27H34F3N3O4S/c1-19-10-11-23-24(16-19)33(18-36-14-15-38(3,4)5)26(32(23)12-7-13-37-20(2)34)31-25(35)21-8-6-9-22(17-21)27(28,29)30/h6,8-11,16-17H,7,12-15,18H2,1-5H3. The molecule has 0 aliphatic rings. The summed E-state index contributed by atoms with van der Waals surface area (Å²) in [5.41, 5.74) is 1.70. The number of carbonyl (C=O) groups excluding carboxylic acids is 2. The number of nitrogens with zero attached hydrogens (tertiary/aromatic N) is 3. The van der Waals surface area contributed by atoms with E-state index in [1.54, 1.807) is 4.57 Å². The second-order valence-corrected chi connectivity index (χ2v) is 14.5. The molecule has 7 nitrogen and oxygen atoms in total. The van der Waals surface area contributed by atoms with Gasteiger partial charge in [-0.2, -0.15) is 18.2 Å². The van der Waals surface area contributed by atoms with Crippen LogP contribution in [0.2, 0.25) is 0 Å². The molecule has 1 heterocycles. The van der Waals surface area contributed by atoms with E-state index in [-0.39, 0.29) is 24.5 Å². The summed E-state index contributed by atoms with van der Waals surface area (Å²) in [7, 11) is -0.776. The van der Waals surface area contributed by atoms with E-state index in [0.29, 0.717) is 19.6 Å². The fourth-order valence-electron chi connectivity index (χ4n) is 3.79. The van der Waals surface area contributed by atoms with Gasteiger partial charge in [0.2, 0.25) is 5.62 Å². The molecule has 0 radical (unpaired) electrons. The van der Waals surface area contributed by atoms with Crippen LogP contribution in [0.15, 0.2) is 47.5 Å². The van der Waals surface area contributed by atoms with Crippen molar-refractivity contribution in [3.05, 3.63) is 64.8 Å². The minimum Gasteiger partial charge on any atom is -0.466 e. The summed E-state index contributed by atoms with van der Waals surface area (Å²) < 4.78 is 54.4. The van der Waals surface area contributed by atoms with Crippen molar-refractivity contribution in [1.29, 1.82) is 0 Å². The van der Waals surface area contributed by atoms with E-state index in [9.17, 15) is 22.8 Å². The topological polar surface area (TPSA) is 74.8 Å². The molecule has 0 bridgehead atoms. The van der Waals surface area contributed by atoms with Gasteiger partial charge in [0.1, 0.15) is 6.73 Å². The van der Waals surface area contributed by atoms with E-state index in [4.69, 9.17) is 9.47 Å². The highest BCUT2D eigenvalue weighted by molar-refractivity contribution is 8.32. The molecular weight excluding hydrogens is 519 g/mol. The summed E-state index contributed by atoms with van der Waals surface area (Å²) in [6.07, 6.45) is 2.44. The van der Waals surface area contributed by atoms with Gasteiger partial charge in [-0.15, -0.1) is 0 Å². The molecule has 1 amide bonds. The Kier molecular flexibility index (Phi) is 9.48. The highest BCUT2D eigenvalue weighted by Gasteiger charge is 2.31. The largest absolute Gasteiger partial charge is 0.466 e. The van der Waals surface area contributed by atoms with Crippen LogP contribution in [-0.2, 0) is 33.7 Å². The van der Waals surface area contributed by atoms with Crippen molar-refractivity contribution in [1.82, 2.24) is 9.13 Å². The predicted molar refractivity (Wildman–Crippen MR) is 143 cm³/mol. The first-order valence-corrected chi connectivity index (χ1v) is 15.1. The van der Waals surface area contributed by atoms with Gasteiger partial charge in [-0.25, -0.2) is 10.0 Å². The van der Waals surface area contributed by atoms with Crippen molar-refractivity contribution in [2.45, 2.75) is 39.7 Å². The minimum atomic E-state index is -4.58. The van der Waals surface area contributed by atoms with Gasteiger partial charge < -0.3 is 14.0 Å². The number of alkyl halides is 3. The molecule has 0 N–H and O–H groups in total. The average Bonchev–Trinajstić information content (AvgIpc) is 3.09. The molecule has 3 rings (SSSR count). The summed E-state index contributed by atoms with van der Waals surface area (Å²) in [5.74, 6) is -0.305. The monoisotopic (exact) mass is 553 g/mol. The molecule has 208 valence electrons. The van der Waals surface area contributed by atoms with Crippen LogP contribution in [0.3, 0.4) is 0 Å². The smallest absolute Gasteiger partial charge is 0.416 e. The van der Waals surface area contributed by atoms with Crippen LogP contribution < -0.4 is 5.62 Å². The van der Waals surface area contributed by atoms with E-state index in [2.05, 4.69) is 23.8 Å². The number of hydrogen-bond acceptors (Lipinski definition) is 4. The zero-order valence-corrected chi connectivity index (χ0v) is 23.1. The third-order valence-electron chi connectivity index (χ3n) is 5.73. The fourth-order valence-corrected chi connectivity index (χ4v) is 4.41. The van der Waals surface area contributed by atoms with Gasteiger partial charge in [0.05, 0.1) is 29.8 Å². The lowest BCUT2D eigenvalue weighted by Gasteiger charge is -2.24. The van der Waals surface area contributed by atoms with Gasteiger partial charge in [0, 0.05) is 24.8 Å². The number of amides is 1. The summed E-state index contributed by atoms with van der Waals surface area (Å²) in [4.78, 5) is 28.7. The maximum absolute atomic E-state index is 13.2. The molecule has 11 heteroatoms. The number of esters is 1.